The first-order chi connectivity index (χ1) is 11.1. The lowest BCUT2D eigenvalue weighted by atomic mass is 10.3. The maximum atomic E-state index is 13.6. The molecule has 0 N–H and O–H groups in total. The topological polar surface area (TPSA) is 52.6 Å². The number of hydrogen-bond acceptors (Lipinski definition) is 4. The van der Waals surface area contributed by atoms with Gasteiger partial charge in [-0.2, -0.15) is 0 Å². The Morgan fingerprint density at radius 1 is 1.04 bits per heavy atom. The van der Waals surface area contributed by atoms with Gasteiger partial charge in [-0.25, -0.2) is 0 Å². The van der Waals surface area contributed by atoms with Crippen LogP contribution in [0.5, 0.6) is 0 Å². The van der Waals surface area contributed by atoms with E-state index in [1.54, 1.807) is 55.5 Å². The monoisotopic (exact) mass is 352 g/mol. The highest BCUT2D eigenvalue weighted by atomic mass is 35.5. The Balaban J connectivity index is 2.29. The molecule has 0 heterocycles. The van der Waals surface area contributed by atoms with Crippen LogP contribution in [0, 0.1) is 0 Å². The van der Waals surface area contributed by atoms with E-state index in [-0.39, 0.29) is 12.5 Å². The second-order valence-electron chi connectivity index (χ2n) is 4.97. The molecule has 2 aromatic carbocycles. The predicted octanol–water partition coefficient (Wildman–Crippen LogP) is 3.45. The van der Waals surface area contributed by atoms with Crippen LogP contribution in [0.25, 0.3) is 0 Å². The van der Waals surface area contributed by atoms with E-state index < -0.39 is 19.4 Å². The van der Waals surface area contributed by atoms with Crippen molar-refractivity contribution < 1.29 is 18.6 Å². The lowest BCUT2D eigenvalue weighted by Crippen LogP contribution is -2.23. The highest BCUT2D eigenvalue weighted by Crippen LogP contribution is 2.46. The molecule has 6 heteroatoms. The SMILES string of the molecule is CC(CC(=O)OCCl)OP(=O)(c1ccccc1)c1ccccc1. The van der Waals surface area contributed by atoms with Crippen LogP contribution >= 0.6 is 19.0 Å². The molecule has 0 aliphatic carbocycles. The summed E-state index contributed by atoms with van der Waals surface area (Å²) in [4.78, 5) is 11.5. The summed E-state index contributed by atoms with van der Waals surface area (Å²) >= 11 is 5.37. The number of hydrogen-bond donors (Lipinski definition) is 0. The minimum absolute atomic E-state index is 0.0175. The predicted molar refractivity (Wildman–Crippen MR) is 91.7 cm³/mol. The molecule has 0 saturated heterocycles. The summed E-state index contributed by atoms with van der Waals surface area (Å²) in [6.45, 7) is 1.69. The molecule has 1 unspecified atom stereocenters. The van der Waals surface area contributed by atoms with E-state index in [2.05, 4.69) is 0 Å². The van der Waals surface area contributed by atoms with Crippen LogP contribution in [0.2, 0.25) is 0 Å². The van der Waals surface area contributed by atoms with Crippen molar-refractivity contribution in [2.24, 2.45) is 0 Å². The molecule has 1 atom stereocenters. The first kappa shape index (κ1) is 17.7. The van der Waals surface area contributed by atoms with Crippen LogP contribution in [0.15, 0.2) is 60.7 Å². The number of carbonyl (C=O) groups excluding carboxylic acids is 1. The summed E-state index contributed by atoms with van der Waals surface area (Å²) in [6.07, 6.45) is -0.590. The van der Waals surface area contributed by atoms with Crippen molar-refractivity contribution in [3.63, 3.8) is 0 Å². The van der Waals surface area contributed by atoms with Crippen molar-refractivity contribution >= 4 is 35.5 Å². The standard InChI is InChI=1S/C17H18ClO4P/c1-14(12-17(19)21-13-18)22-23(20,15-8-4-2-5-9-15)16-10-6-3-7-11-16/h2-11,14H,12-13H2,1H3. The van der Waals surface area contributed by atoms with Crippen LogP contribution in [-0.2, 0) is 18.6 Å². The molecule has 0 aliphatic heterocycles. The molecule has 2 aromatic rings. The van der Waals surface area contributed by atoms with Crippen molar-refractivity contribution in [3.8, 4) is 0 Å². The highest BCUT2D eigenvalue weighted by Gasteiger charge is 2.31. The minimum Gasteiger partial charge on any atom is -0.449 e. The molecular formula is C17H18ClO4P. The molecule has 0 fully saturated rings. The van der Waals surface area contributed by atoms with Gasteiger partial charge in [-0.1, -0.05) is 48.0 Å². The van der Waals surface area contributed by atoms with Gasteiger partial charge in [0.05, 0.1) is 12.5 Å². The average molecular weight is 353 g/mol. The zero-order valence-electron chi connectivity index (χ0n) is 12.7. The zero-order chi connectivity index (χ0) is 16.7. The van der Waals surface area contributed by atoms with Crippen molar-refractivity contribution in [3.05, 3.63) is 60.7 Å². The van der Waals surface area contributed by atoms with Gasteiger partial charge in [0, 0.05) is 10.6 Å². The Bertz CT molecular complexity index is 632. The third-order valence-corrected chi connectivity index (χ3v) is 5.91. The lowest BCUT2D eigenvalue weighted by molar-refractivity contribution is -0.143. The van der Waals surface area contributed by atoms with Gasteiger partial charge in [0.2, 0.25) is 0 Å². The van der Waals surface area contributed by atoms with Gasteiger partial charge in [0.25, 0.3) is 7.37 Å². The summed E-state index contributed by atoms with van der Waals surface area (Å²) in [5.74, 6) is -0.486. The Labute approximate surface area is 140 Å². The molecule has 0 spiro atoms. The Kier molecular flexibility index (Phi) is 6.40. The minimum atomic E-state index is -3.30. The number of esters is 1. The Morgan fingerprint density at radius 2 is 1.52 bits per heavy atom. The molecule has 23 heavy (non-hydrogen) atoms. The highest BCUT2D eigenvalue weighted by molar-refractivity contribution is 7.74. The zero-order valence-corrected chi connectivity index (χ0v) is 14.4. The number of benzene rings is 2. The number of ether oxygens (including phenoxy) is 1. The number of carbonyl (C=O) groups is 1. The normalized spacial score (nSPS) is 12.6. The van der Waals surface area contributed by atoms with Gasteiger partial charge in [0.1, 0.15) is 0 Å². The van der Waals surface area contributed by atoms with Crippen molar-refractivity contribution in [1.82, 2.24) is 0 Å². The molecule has 0 bridgehead atoms. The average Bonchev–Trinajstić information content (AvgIpc) is 2.56. The molecule has 0 radical (unpaired) electrons. The van der Waals surface area contributed by atoms with Gasteiger partial charge in [0.15, 0.2) is 6.07 Å². The molecule has 0 amide bonds. The molecule has 122 valence electrons. The van der Waals surface area contributed by atoms with E-state index >= 15 is 0 Å². The van der Waals surface area contributed by atoms with Crippen molar-refractivity contribution in [1.29, 1.82) is 0 Å². The molecular weight excluding hydrogens is 335 g/mol. The summed E-state index contributed by atoms with van der Waals surface area (Å²) in [5, 5.41) is 1.17. The summed E-state index contributed by atoms with van der Waals surface area (Å²) in [5.41, 5.74) is 0. The summed E-state index contributed by atoms with van der Waals surface area (Å²) in [6, 6.07) is 17.8. The van der Waals surface area contributed by atoms with Crippen LogP contribution in [0.4, 0.5) is 0 Å². The fourth-order valence-electron chi connectivity index (χ4n) is 2.16. The number of halogens is 1. The maximum absolute atomic E-state index is 13.6. The van der Waals surface area contributed by atoms with Gasteiger partial charge < -0.3 is 9.26 Å². The first-order valence-corrected chi connectivity index (χ1v) is 9.33. The van der Waals surface area contributed by atoms with Crippen LogP contribution in [0.3, 0.4) is 0 Å². The van der Waals surface area contributed by atoms with E-state index in [9.17, 15) is 9.36 Å². The molecule has 2 rings (SSSR count). The second kappa shape index (κ2) is 8.30. The first-order valence-electron chi connectivity index (χ1n) is 7.17. The van der Waals surface area contributed by atoms with E-state index in [0.29, 0.717) is 10.6 Å². The van der Waals surface area contributed by atoms with Crippen molar-refractivity contribution in [2.75, 3.05) is 6.07 Å². The summed E-state index contributed by atoms with van der Waals surface area (Å²) in [7, 11) is -3.30. The third-order valence-electron chi connectivity index (χ3n) is 3.19. The van der Waals surface area contributed by atoms with Crippen LogP contribution in [0.1, 0.15) is 13.3 Å². The summed E-state index contributed by atoms with van der Waals surface area (Å²) < 4.78 is 24.1. The van der Waals surface area contributed by atoms with E-state index in [1.807, 2.05) is 12.1 Å². The molecule has 0 aliphatic rings. The van der Waals surface area contributed by atoms with Crippen molar-refractivity contribution in [2.45, 2.75) is 19.4 Å². The fraction of sp³-hybridized carbons (Fsp3) is 0.235. The largest absolute Gasteiger partial charge is 0.449 e. The van der Waals surface area contributed by atoms with E-state index in [4.69, 9.17) is 20.9 Å². The van der Waals surface area contributed by atoms with Crippen LogP contribution < -0.4 is 10.6 Å². The lowest BCUT2D eigenvalue weighted by Gasteiger charge is -2.23. The quantitative estimate of drug-likeness (QED) is 0.435. The molecule has 0 aromatic heterocycles. The molecule has 4 nitrogen and oxygen atoms in total. The van der Waals surface area contributed by atoms with Gasteiger partial charge in [-0.05, 0) is 31.2 Å². The maximum Gasteiger partial charge on any atom is 0.309 e. The van der Waals surface area contributed by atoms with Gasteiger partial charge in [-0.15, -0.1) is 0 Å². The fourth-order valence-corrected chi connectivity index (χ4v) is 4.54. The van der Waals surface area contributed by atoms with E-state index in [0.717, 1.165) is 0 Å². The molecule has 0 saturated carbocycles. The van der Waals surface area contributed by atoms with Gasteiger partial charge >= 0.3 is 5.97 Å². The Hall–Kier alpha value is -1.61. The second-order valence-corrected chi connectivity index (χ2v) is 7.53. The smallest absolute Gasteiger partial charge is 0.309 e. The number of rotatable bonds is 7. The van der Waals surface area contributed by atoms with E-state index in [1.165, 1.54) is 0 Å². The third kappa shape index (κ3) is 4.68. The van der Waals surface area contributed by atoms with Crippen LogP contribution in [-0.4, -0.2) is 18.1 Å². The number of alkyl halides is 1. The Morgan fingerprint density at radius 3 is 1.96 bits per heavy atom. The van der Waals surface area contributed by atoms with Gasteiger partial charge in [-0.3, -0.25) is 9.36 Å².